The van der Waals surface area contributed by atoms with Gasteiger partial charge in [0.1, 0.15) is 0 Å². The van der Waals surface area contributed by atoms with Crippen molar-refractivity contribution in [2.45, 2.75) is 12.8 Å². The van der Waals surface area contributed by atoms with E-state index in [1.165, 1.54) is 12.1 Å². The third kappa shape index (κ3) is 3.84. The molecule has 1 saturated carbocycles. The third-order valence-corrected chi connectivity index (χ3v) is 2.85. The minimum absolute atomic E-state index is 0.0514. The molecule has 1 aliphatic rings. The first kappa shape index (κ1) is 13.1. The number of benzene rings is 1. The van der Waals surface area contributed by atoms with Crippen LogP contribution in [0.15, 0.2) is 18.2 Å². The second-order valence-corrected chi connectivity index (χ2v) is 4.56. The Morgan fingerprint density at radius 2 is 2.11 bits per heavy atom. The summed E-state index contributed by atoms with van der Waals surface area (Å²) < 4.78 is 0. The first-order valence-corrected chi connectivity index (χ1v) is 6.13. The fraction of sp³-hybridized carbons (Fsp3) is 0.417. The molecule has 0 radical (unpaired) electrons. The number of carbonyl (C=O) groups excluding carboxylic acids is 1. The standard InChI is InChI=1S/C12H16N4O3/c13-9-5-10(7-11(6-9)16(18)19)14-3-4-15-12(17)8-1-2-8/h5-8,14H,1-4,13H2,(H,15,17). The molecule has 0 atom stereocenters. The van der Waals surface area contributed by atoms with E-state index in [4.69, 9.17) is 5.73 Å². The Morgan fingerprint density at radius 1 is 1.37 bits per heavy atom. The highest BCUT2D eigenvalue weighted by molar-refractivity contribution is 5.80. The van der Waals surface area contributed by atoms with E-state index < -0.39 is 4.92 Å². The normalized spacial score (nSPS) is 13.9. The van der Waals surface area contributed by atoms with Crippen molar-refractivity contribution in [3.05, 3.63) is 28.3 Å². The average Bonchev–Trinajstić information content (AvgIpc) is 3.17. The number of nitrogens with one attached hydrogen (secondary N) is 2. The van der Waals surface area contributed by atoms with E-state index in [-0.39, 0.29) is 17.5 Å². The molecular formula is C12H16N4O3. The summed E-state index contributed by atoms with van der Waals surface area (Å²) in [5.74, 6) is 0.272. The second kappa shape index (κ2) is 5.55. The zero-order valence-electron chi connectivity index (χ0n) is 10.4. The van der Waals surface area contributed by atoms with Crippen LogP contribution in [0.25, 0.3) is 0 Å². The summed E-state index contributed by atoms with van der Waals surface area (Å²) in [6, 6.07) is 4.34. The highest BCUT2D eigenvalue weighted by Gasteiger charge is 2.28. The Labute approximate surface area is 110 Å². The van der Waals surface area contributed by atoms with E-state index >= 15 is 0 Å². The molecule has 2 rings (SSSR count). The number of anilines is 2. The molecule has 0 aromatic heterocycles. The number of nitrogens with zero attached hydrogens (tertiary/aromatic N) is 1. The topological polar surface area (TPSA) is 110 Å². The number of amides is 1. The Hall–Kier alpha value is -2.31. The van der Waals surface area contributed by atoms with Gasteiger partial charge in [-0.2, -0.15) is 0 Å². The Morgan fingerprint density at radius 3 is 2.74 bits per heavy atom. The van der Waals surface area contributed by atoms with E-state index in [0.29, 0.717) is 24.5 Å². The molecule has 1 aliphatic carbocycles. The van der Waals surface area contributed by atoms with Crippen LogP contribution in [0.3, 0.4) is 0 Å². The summed E-state index contributed by atoms with van der Waals surface area (Å²) in [4.78, 5) is 21.5. The highest BCUT2D eigenvalue weighted by Crippen LogP contribution is 2.28. The van der Waals surface area contributed by atoms with Crippen molar-refractivity contribution in [3.63, 3.8) is 0 Å². The lowest BCUT2D eigenvalue weighted by molar-refractivity contribution is -0.384. The number of rotatable bonds is 6. The fourth-order valence-electron chi connectivity index (χ4n) is 1.72. The first-order chi connectivity index (χ1) is 9.06. The van der Waals surface area contributed by atoms with Gasteiger partial charge in [0.15, 0.2) is 0 Å². The van der Waals surface area contributed by atoms with Gasteiger partial charge in [-0.3, -0.25) is 14.9 Å². The van der Waals surface area contributed by atoms with E-state index in [1.807, 2.05) is 0 Å². The van der Waals surface area contributed by atoms with Crippen LogP contribution < -0.4 is 16.4 Å². The minimum atomic E-state index is -0.490. The largest absolute Gasteiger partial charge is 0.398 e. The molecule has 0 unspecified atom stereocenters. The van der Waals surface area contributed by atoms with Crippen molar-refractivity contribution >= 4 is 23.0 Å². The number of carbonyl (C=O) groups is 1. The molecule has 7 heteroatoms. The minimum Gasteiger partial charge on any atom is -0.398 e. The van der Waals surface area contributed by atoms with Gasteiger partial charge in [-0.1, -0.05) is 0 Å². The molecule has 0 aliphatic heterocycles. The lowest BCUT2D eigenvalue weighted by Crippen LogP contribution is -2.29. The third-order valence-electron chi connectivity index (χ3n) is 2.85. The van der Waals surface area contributed by atoms with Crippen LogP contribution in [0.2, 0.25) is 0 Å². The summed E-state index contributed by atoms with van der Waals surface area (Å²) in [7, 11) is 0. The molecule has 19 heavy (non-hydrogen) atoms. The van der Waals surface area contributed by atoms with Crippen molar-refractivity contribution in [2.24, 2.45) is 5.92 Å². The van der Waals surface area contributed by atoms with Crippen LogP contribution in [-0.2, 0) is 4.79 Å². The van der Waals surface area contributed by atoms with Crippen LogP contribution in [0, 0.1) is 16.0 Å². The van der Waals surface area contributed by atoms with Crippen LogP contribution in [0.5, 0.6) is 0 Å². The van der Waals surface area contributed by atoms with Crippen molar-refractivity contribution in [1.29, 1.82) is 0 Å². The van der Waals surface area contributed by atoms with Crippen LogP contribution in [0.1, 0.15) is 12.8 Å². The number of hydrogen-bond acceptors (Lipinski definition) is 5. The SMILES string of the molecule is Nc1cc(NCCNC(=O)C2CC2)cc([N+](=O)[O-])c1. The van der Waals surface area contributed by atoms with Gasteiger partial charge in [0.05, 0.1) is 4.92 Å². The average molecular weight is 264 g/mol. The molecule has 1 fully saturated rings. The Balaban J connectivity index is 1.81. The Kier molecular flexibility index (Phi) is 3.84. The maximum absolute atomic E-state index is 11.4. The molecule has 1 aromatic rings. The number of nitrogen functional groups attached to an aromatic ring is 1. The number of hydrogen-bond donors (Lipinski definition) is 3. The van der Waals surface area contributed by atoms with Gasteiger partial charge < -0.3 is 16.4 Å². The van der Waals surface area contributed by atoms with Crippen molar-refractivity contribution < 1.29 is 9.72 Å². The lowest BCUT2D eigenvalue weighted by Gasteiger charge is -2.08. The molecule has 0 bridgehead atoms. The first-order valence-electron chi connectivity index (χ1n) is 6.13. The second-order valence-electron chi connectivity index (χ2n) is 4.56. The predicted octanol–water partition coefficient (Wildman–Crippen LogP) is 1.12. The summed E-state index contributed by atoms with van der Waals surface area (Å²) in [5.41, 5.74) is 6.44. The smallest absolute Gasteiger partial charge is 0.273 e. The van der Waals surface area contributed by atoms with E-state index in [9.17, 15) is 14.9 Å². The summed E-state index contributed by atoms with van der Waals surface area (Å²) in [5, 5.41) is 16.5. The molecule has 1 aromatic carbocycles. The van der Waals surface area contributed by atoms with Gasteiger partial charge in [0.2, 0.25) is 5.91 Å². The van der Waals surface area contributed by atoms with Crippen LogP contribution >= 0.6 is 0 Å². The number of nitrogens with two attached hydrogens (primary N) is 1. The molecular weight excluding hydrogens is 248 g/mol. The van der Waals surface area contributed by atoms with E-state index in [1.54, 1.807) is 6.07 Å². The van der Waals surface area contributed by atoms with E-state index in [2.05, 4.69) is 10.6 Å². The number of nitro groups is 1. The van der Waals surface area contributed by atoms with Gasteiger partial charge in [-0.15, -0.1) is 0 Å². The molecule has 1 amide bonds. The molecule has 0 saturated heterocycles. The molecule has 0 spiro atoms. The Bertz CT molecular complexity index is 500. The van der Waals surface area contributed by atoms with Gasteiger partial charge in [0.25, 0.3) is 5.69 Å². The van der Waals surface area contributed by atoms with E-state index in [0.717, 1.165) is 12.8 Å². The van der Waals surface area contributed by atoms with Gasteiger partial charge in [-0.05, 0) is 18.9 Å². The lowest BCUT2D eigenvalue weighted by atomic mass is 10.2. The zero-order chi connectivity index (χ0) is 13.8. The maximum atomic E-state index is 11.4. The molecule has 102 valence electrons. The van der Waals surface area contributed by atoms with Gasteiger partial charge in [0, 0.05) is 42.5 Å². The van der Waals surface area contributed by atoms with Crippen molar-refractivity contribution in [2.75, 3.05) is 24.1 Å². The van der Waals surface area contributed by atoms with Gasteiger partial charge >= 0.3 is 0 Å². The highest BCUT2D eigenvalue weighted by atomic mass is 16.6. The van der Waals surface area contributed by atoms with Crippen molar-refractivity contribution in [3.8, 4) is 0 Å². The number of nitro benzene ring substituents is 1. The predicted molar refractivity (Wildman–Crippen MR) is 71.7 cm³/mol. The van der Waals surface area contributed by atoms with Crippen LogP contribution in [-0.4, -0.2) is 23.9 Å². The molecule has 0 heterocycles. The monoisotopic (exact) mass is 264 g/mol. The zero-order valence-corrected chi connectivity index (χ0v) is 10.4. The molecule has 4 N–H and O–H groups in total. The maximum Gasteiger partial charge on any atom is 0.273 e. The fourth-order valence-corrected chi connectivity index (χ4v) is 1.72. The summed E-state index contributed by atoms with van der Waals surface area (Å²) >= 11 is 0. The van der Waals surface area contributed by atoms with Crippen LogP contribution in [0.4, 0.5) is 17.1 Å². The van der Waals surface area contributed by atoms with Gasteiger partial charge in [-0.25, -0.2) is 0 Å². The summed E-state index contributed by atoms with van der Waals surface area (Å²) in [6.07, 6.45) is 1.95. The quantitative estimate of drug-likeness (QED) is 0.308. The molecule has 7 nitrogen and oxygen atoms in total. The summed E-state index contributed by atoms with van der Waals surface area (Å²) in [6.45, 7) is 0.983. The van der Waals surface area contributed by atoms with Crippen molar-refractivity contribution in [1.82, 2.24) is 5.32 Å². The number of non-ortho nitro benzene ring substituents is 1.